The molecule has 8 nitrogen and oxygen atoms in total. The molecule has 1 saturated heterocycles. The van der Waals surface area contributed by atoms with Crippen molar-refractivity contribution in [2.75, 3.05) is 38.5 Å². The highest BCUT2D eigenvalue weighted by Crippen LogP contribution is 2.33. The molecule has 4 aromatic rings. The fourth-order valence-electron chi connectivity index (χ4n) is 4.70. The average Bonchev–Trinajstić information content (AvgIpc) is 3.37. The zero-order chi connectivity index (χ0) is 29.1. The number of hydrogen-bond donors (Lipinski definition) is 2. The summed E-state index contributed by atoms with van der Waals surface area (Å²) in [6.45, 7) is 7.27. The van der Waals surface area contributed by atoms with Gasteiger partial charge in [-0.2, -0.15) is 18.3 Å². The van der Waals surface area contributed by atoms with E-state index in [0.29, 0.717) is 29.9 Å². The quantitative estimate of drug-likeness (QED) is 0.337. The summed E-state index contributed by atoms with van der Waals surface area (Å²) in [6, 6.07) is 8.89. The number of aromatic nitrogens is 4. The Hall–Kier alpha value is -4.27. The normalized spacial score (nSPS) is 14.7. The molecule has 11 heteroatoms. The fourth-order valence-corrected chi connectivity index (χ4v) is 4.70. The van der Waals surface area contributed by atoms with E-state index in [4.69, 9.17) is 0 Å². The van der Waals surface area contributed by atoms with Gasteiger partial charge in [0.2, 0.25) is 0 Å². The smallest absolute Gasteiger partial charge is 0.307 e. The Kier molecular flexibility index (Phi) is 8.06. The second-order valence-corrected chi connectivity index (χ2v) is 10.5. The van der Waals surface area contributed by atoms with Gasteiger partial charge in [0.1, 0.15) is 5.82 Å². The third-order valence-electron chi connectivity index (χ3n) is 7.04. The Balaban J connectivity index is 1.32. The number of fused-ring (bicyclic) bond motifs is 1. The molecule has 1 amide bonds. The van der Waals surface area contributed by atoms with Crippen LogP contribution in [0.25, 0.3) is 11.0 Å². The van der Waals surface area contributed by atoms with Crippen molar-refractivity contribution in [3.63, 3.8) is 0 Å². The minimum absolute atomic E-state index is 0.0989. The Morgan fingerprint density at radius 2 is 1.80 bits per heavy atom. The van der Waals surface area contributed by atoms with Crippen molar-refractivity contribution >= 4 is 22.8 Å². The number of rotatable bonds is 5. The van der Waals surface area contributed by atoms with Crippen molar-refractivity contribution in [1.29, 1.82) is 0 Å². The van der Waals surface area contributed by atoms with E-state index >= 15 is 0 Å². The molecule has 0 spiro atoms. The molecule has 5 rings (SSSR count). The number of aromatic amines is 1. The first-order valence-electron chi connectivity index (χ1n) is 13.3. The van der Waals surface area contributed by atoms with E-state index in [2.05, 4.69) is 56.1 Å². The van der Waals surface area contributed by atoms with Gasteiger partial charge in [0.05, 0.1) is 5.56 Å². The summed E-state index contributed by atoms with van der Waals surface area (Å²) in [5, 5.41) is 10.7. The summed E-state index contributed by atoms with van der Waals surface area (Å²) in [5.41, 5.74) is 2.11. The van der Waals surface area contributed by atoms with Gasteiger partial charge in [0.25, 0.3) is 5.91 Å². The second-order valence-electron chi connectivity index (χ2n) is 10.5. The Morgan fingerprint density at radius 3 is 2.54 bits per heavy atom. The van der Waals surface area contributed by atoms with Gasteiger partial charge < -0.3 is 10.2 Å². The number of carbonyl (C=O) groups is 1. The van der Waals surface area contributed by atoms with Crippen molar-refractivity contribution in [2.45, 2.75) is 32.5 Å². The Morgan fingerprint density at radius 1 is 1.05 bits per heavy atom. The number of benzene rings is 1. The molecule has 2 N–H and O–H groups in total. The van der Waals surface area contributed by atoms with E-state index in [1.54, 1.807) is 18.3 Å². The monoisotopic (exact) mass is 561 g/mol. The molecule has 1 fully saturated rings. The molecule has 0 unspecified atom stereocenters. The number of anilines is 1. The Bertz CT molecular complexity index is 1630. The van der Waals surface area contributed by atoms with Gasteiger partial charge in [-0.05, 0) is 48.9 Å². The van der Waals surface area contributed by atoms with E-state index < -0.39 is 17.6 Å². The molecule has 0 radical (unpaired) electrons. The summed E-state index contributed by atoms with van der Waals surface area (Å²) < 4.78 is 41.8. The predicted octanol–water partition coefficient (Wildman–Crippen LogP) is 4.89. The molecule has 3 aromatic heterocycles. The first-order chi connectivity index (χ1) is 19.6. The van der Waals surface area contributed by atoms with Crippen LogP contribution in [0.5, 0.6) is 0 Å². The number of nitrogens with zero attached hydrogens (tertiary/aromatic N) is 5. The molecule has 41 heavy (non-hydrogen) atoms. The van der Waals surface area contributed by atoms with E-state index in [0.717, 1.165) is 30.2 Å². The van der Waals surface area contributed by atoms with Crippen LogP contribution in [0.15, 0.2) is 48.8 Å². The number of hydrogen-bond acceptors (Lipinski definition) is 6. The summed E-state index contributed by atoms with van der Waals surface area (Å²) in [7, 11) is 1.99. The highest BCUT2D eigenvalue weighted by molar-refractivity contribution is 6.04. The lowest BCUT2D eigenvalue weighted by molar-refractivity contribution is -0.138. The average molecular weight is 562 g/mol. The molecule has 1 aliphatic rings. The molecule has 4 heterocycles. The summed E-state index contributed by atoms with van der Waals surface area (Å²) in [5.74, 6) is 5.84. The number of alkyl halides is 3. The fraction of sp³-hybridized carbons (Fsp3) is 0.333. The Labute approximate surface area is 236 Å². The lowest BCUT2D eigenvalue weighted by atomic mass is 10.0. The maximum absolute atomic E-state index is 13.9. The van der Waals surface area contributed by atoms with Crippen LogP contribution >= 0.6 is 0 Å². The van der Waals surface area contributed by atoms with Gasteiger partial charge >= 0.3 is 6.18 Å². The molecule has 212 valence electrons. The summed E-state index contributed by atoms with van der Waals surface area (Å²) in [6.07, 6.45) is -1.47. The number of carbonyl (C=O) groups excluding carboxylic acids is 1. The number of H-pyrrole nitrogens is 1. The summed E-state index contributed by atoms with van der Waals surface area (Å²) >= 11 is 0. The van der Waals surface area contributed by atoms with Gasteiger partial charge in [0, 0.05) is 72.9 Å². The summed E-state index contributed by atoms with van der Waals surface area (Å²) in [4.78, 5) is 25.5. The van der Waals surface area contributed by atoms with Crippen LogP contribution in [0.4, 0.5) is 19.0 Å². The first-order valence-corrected chi connectivity index (χ1v) is 13.3. The largest absolute Gasteiger partial charge is 0.416 e. The zero-order valence-corrected chi connectivity index (χ0v) is 23.0. The third kappa shape index (κ3) is 6.73. The van der Waals surface area contributed by atoms with Gasteiger partial charge in [-0.3, -0.25) is 14.8 Å². The molecule has 0 atom stereocenters. The van der Waals surface area contributed by atoms with E-state index in [1.807, 2.05) is 18.0 Å². The first kappa shape index (κ1) is 28.3. The minimum atomic E-state index is -4.59. The maximum Gasteiger partial charge on any atom is 0.416 e. The van der Waals surface area contributed by atoms with Gasteiger partial charge in [-0.15, -0.1) is 0 Å². The van der Waals surface area contributed by atoms with Gasteiger partial charge in [-0.1, -0.05) is 31.8 Å². The molecule has 1 aliphatic heterocycles. The van der Waals surface area contributed by atoms with Crippen LogP contribution in [0, 0.1) is 11.8 Å². The van der Waals surface area contributed by atoms with Gasteiger partial charge in [-0.25, -0.2) is 9.97 Å². The van der Waals surface area contributed by atoms with E-state index in [9.17, 15) is 18.0 Å². The molecule has 1 aromatic carbocycles. The second kappa shape index (κ2) is 11.7. The minimum Gasteiger partial charge on any atom is -0.307 e. The van der Waals surface area contributed by atoms with Gasteiger partial charge in [0.15, 0.2) is 5.65 Å². The van der Waals surface area contributed by atoms with Crippen molar-refractivity contribution < 1.29 is 18.0 Å². The van der Waals surface area contributed by atoms with Crippen molar-refractivity contribution in [3.05, 3.63) is 82.3 Å². The number of likely N-dealkylation sites (N-methyl/N-ethyl adjacent to an activating group) is 1. The molecule has 0 saturated carbocycles. The molecular formula is C30H30F3N7O. The number of piperazine rings is 1. The number of amides is 1. The maximum atomic E-state index is 13.9. The van der Waals surface area contributed by atoms with Crippen LogP contribution in [0.3, 0.4) is 0 Å². The number of nitrogens with one attached hydrogen (secondary N) is 2. The molecule has 0 bridgehead atoms. The number of pyridine rings is 2. The van der Waals surface area contributed by atoms with E-state index in [-0.39, 0.29) is 29.4 Å². The standard InChI is InChI=1S/C30H30F3N7O/c1-19(2)27-24-14-21(17-35-28(24)38-37-27)5-4-20-8-9-34-26(15-20)36-29(41)22-6-7-23(25(16-22)30(31,32)33)18-40-12-10-39(3)11-13-40/h6-9,14-17,19H,10-13,18H2,1-3H3,(H,34,36,41)(H,35,37,38). The van der Waals surface area contributed by atoms with Crippen molar-refractivity contribution in [3.8, 4) is 11.8 Å². The van der Waals surface area contributed by atoms with Crippen LogP contribution in [0.1, 0.15) is 58.1 Å². The van der Waals surface area contributed by atoms with Crippen LogP contribution < -0.4 is 5.32 Å². The third-order valence-corrected chi connectivity index (χ3v) is 7.04. The highest BCUT2D eigenvalue weighted by atomic mass is 19.4. The van der Waals surface area contributed by atoms with Crippen molar-refractivity contribution in [2.24, 2.45) is 0 Å². The van der Waals surface area contributed by atoms with Crippen LogP contribution in [0.2, 0.25) is 0 Å². The topological polar surface area (TPSA) is 90.0 Å². The van der Waals surface area contributed by atoms with E-state index in [1.165, 1.54) is 18.3 Å². The van der Waals surface area contributed by atoms with Crippen LogP contribution in [-0.2, 0) is 12.7 Å². The highest BCUT2D eigenvalue weighted by Gasteiger charge is 2.34. The predicted molar refractivity (Wildman–Crippen MR) is 150 cm³/mol. The molecular weight excluding hydrogens is 531 g/mol. The zero-order valence-electron chi connectivity index (χ0n) is 23.0. The lowest BCUT2D eigenvalue weighted by Crippen LogP contribution is -2.44. The SMILES string of the molecule is CC(C)c1[nH]nc2ncc(C#Cc3ccnc(NC(=O)c4ccc(CN5CCN(C)CC5)c(C(F)(F)F)c4)c3)cc12. The molecule has 0 aliphatic carbocycles. The van der Waals surface area contributed by atoms with Crippen molar-refractivity contribution in [1.82, 2.24) is 30.0 Å². The lowest BCUT2D eigenvalue weighted by Gasteiger charge is -2.33. The van der Waals surface area contributed by atoms with Crippen LogP contribution in [-0.4, -0.2) is 69.1 Å². The number of halogens is 3.